The second-order valence-corrected chi connectivity index (χ2v) is 9.99. The SMILES string of the molecule is C[C@@H]1[C@H](c2ccc(OCCCN3CCCCC3)cc2)Oc2cccnc2S1(=O)=O. The standard InChI is InChI=1S/C22H28N2O4S/c1-17-21(28-20-7-5-12-23-22(20)29(17,25)26)18-8-10-19(11-9-18)27-16-6-15-24-13-3-2-4-14-24/h5,7-12,17,21H,2-4,6,13-16H2,1H3/t17-,21-/m1/s1. The molecule has 6 nitrogen and oxygen atoms in total. The van der Waals surface area contributed by atoms with Crippen LogP contribution < -0.4 is 9.47 Å². The fourth-order valence-corrected chi connectivity index (χ4v) is 5.50. The number of ether oxygens (including phenoxy) is 2. The molecule has 1 fully saturated rings. The maximum Gasteiger partial charge on any atom is 0.205 e. The molecular weight excluding hydrogens is 388 g/mol. The fraction of sp³-hybridized carbons (Fsp3) is 0.500. The first-order valence-electron chi connectivity index (χ1n) is 10.4. The molecular formula is C22H28N2O4S. The van der Waals surface area contributed by atoms with Crippen LogP contribution in [0.2, 0.25) is 0 Å². The predicted octanol–water partition coefficient (Wildman–Crippen LogP) is 3.63. The summed E-state index contributed by atoms with van der Waals surface area (Å²) in [6, 6.07) is 10.9. The summed E-state index contributed by atoms with van der Waals surface area (Å²) in [4.78, 5) is 6.51. The Morgan fingerprint density at radius 2 is 1.90 bits per heavy atom. The van der Waals surface area contributed by atoms with Crippen molar-refractivity contribution >= 4 is 9.84 Å². The third kappa shape index (κ3) is 4.41. The monoisotopic (exact) mass is 416 g/mol. The van der Waals surface area contributed by atoms with Gasteiger partial charge in [-0.2, -0.15) is 0 Å². The Balaban J connectivity index is 1.36. The van der Waals surface area contributed by atoms with Gasteiger partial charge in [-0.25, -0.2) is 13.4 Å². The van der Waals surface area contributed by atoms with Crippen molar-refractivity contribution in [1.29, 1.82) is 0 Å². The number of likely N-dealkylation sites (tertiary alicyclic amines) is 1. The van der Waals surface area contributed by atoms with Crippen molar-refractivity contribution in [2.24, 2.45) is 0 Å². The number of hydrogen-bond donors (Lipinski definition) is 0. The minimum Gasteiger partial charge on any atom is -0.494 e. The highest BCUT2D eigenvalue weighted by molar-refractivity contribution is 7.92. The maximum atomic E-state index is 12.8. The van der Waals surface area contributed by atoms with Gasteiger partial charge in [-0.15, -0.1) is 0 Å². The number of sulfone groups is 1. The molecule has 3 heterocycles. The second kappa shape index (κ2) is 8.71. The van der Waals surface area contributed by atoms with Crippen LogP contribution in [0.4, 0.5) is 0 Å². The van der Waals surface area contributed by atoms with Gasteiger partial charge in [-0.3, -0.25) is 0 Å². The topological polar surface area (TPSA) is 68.7 Å². The third-order valence-electron chi connectivity index (χ3n) is 5.72. The maximum absolute atomic E-state index is 12.8. The quantitative estimate of drug-likeness (QED) is 0.670. The zero-order chi connectivity index (χ0) is 20.3. The number of hydrogen-bond acceptors (Lipinski definition) is 6. The van der Waals surface area contributed by atoms with E-state index in [0.29, 0.717) is 12.4 Å². The van der Waals surface area contributed by atoms with Crippen molar-refractivity contribution in [2.45, 2.75) is 49.0 Å². The zero-order valence-corrected chi connectivity index (χ0v) is 17.6. The first kappa shape index (κ1) is 20.2. The molecule has 0 N–H and O–H groups in total. The van der Waals surface area contributed by atoms with Crippen molar-refractivity contribution in [3.05, 3.63) is 48.2 Å². The van der Waals surface area contributed by atoms with Crippen LogP contribution in [-0.2, 0) is 9.84 Å². The van der Waals surface area contributed by atoms with Gasteiger partial charge in [-0.05, 0) is 69.1 Å². The molecule has 4 rings (SSSR count). The Labute approximate surface area is 172 Å². The Hall–Kier alpha value is -2.12. The highest BCUT2D eigenvalue weighted by Gasteiger charge is 2.41. The molecule has 0 amide bonds. The van der Waals surface area contributed by atoms with E-state index in [1.807, 2.05) is 24.3 Å². The van der Waals surface area contributed by atoms with Crippen LogP contribution in [-0.4, -0.2) is 49.8 Å². The van der Waals surface area contributed by atoms with Crippen molar-refractivity contribution in [3.8, 4) is 11.5 Å². The van der Waals surface area contributed by atoms with Crippen molar-refractivity contribution in [1.82, 2.24) is 9.88 Å². The van der Waals surface area contributed by atoms with Gasteiger partial charge in [0.05, 0.1) is 6.61 Å². The van der Waals surface area contributed by atoms with E-state index in [-0.39, 0.29) is 5.03 Å². The van der Waals surface area contributed by atoms with Gasteiger partial charge >= 0.3 is 0 Å². The molecule has 1 aromatic carbocycles. The first-order chi connectivity index (χ1) is 14.1. The summed E-state index contributed by atoms with van der Waals surface area (Å²) in [6.07, 6.45) is 5.88. The minimum atomic E-state index is -3.53. The van der Waals surface area contributed by atoms with Crippen LogP contribution in [0, 0.1) is 0 Å². The molecule has 7 heteroatoms. The van der Waals surface area contributed by atoms with Crippen LogP contribution >= 0.6 is 0 Å². The highest BCUT2D eigenvalue weighted by atomic mass is 32.2. The van der Waals surface area contributed by atoms with Gasteiger partial charge in [0.1, 0.15) is 17.1 Å². The van der Waals surface area contributed by atoms with Gasteiger partial charge in [0, 0.05) is 12.7 Å². The summed E-state index contributed by atoms with van der Waals surface area (Å²) < 4.78 is 37.4. The molecule has 29 heavy (non-hydrogen) atoms. The summed E-state index contributed by atoms with van der Waals surface area (Å²) in [6.45, 7) is 5.84. The average molecular weight is 417 g/mol. The minimum absolute atomic E-state index is 0.0254. The molecule has 156 valence electrons. The van der Waals surface area contributed by atoms with Crippen LogP contribution in [0.1, 0.15) is 44.3 Å². The van der Waals surface area contributed by atoms with Crippen molar-refractivity contribution in [3.63, 3.8) is 0 Å². The molecule has 1 saturated heterocycles. The van der Waals surface area contributed by atoms with E-state index in [2.05, 4.69) is 9.88 Å². The molecule has 2 atom stereocenters. The largest absolute Gasteiger partial charge is 0.494 e. The molecule has 2 aliphatic rings. The van der Waals surface area contributed by atoms with Crippen LogP contribution in [0.25, 0.3) is 0 Å². The van der Waals surface area contributed by atoms with Crippen molar-refractivity contribution in [2.75, 3.05) is 26.2 Å². The lowest BCUT2D eigenvalue weighted by molar-refractivity contribution is 0.186. The Kier molecular flexibility index (Phi) is 6.06. The number of benzene rings is 1. The van der Waals surface area contributed by atoms with Gasteiger partial charge in [0.25, 0.3) is 0 Å². The van der Waals surface area contributed by atoms with Crippen LogP contribution in [0.15, 0.2) is 47.6 Å². The molecule has 0 bridgehead atoms. The summed E-state index contributed by atoms with van der Waals surface area (Å²) in [5, 5.41) is -0.682. The second-order valence-electron chi connectivity index (χ2n) is 7.77. The molecule has 2 aliphatic heterocycles. The fourth-order valence-electron chi connectivity index (χ4n) is 4.00. The summed E-state index contributed by atoms with van der Waals surface area (Å²) >= 11 is 0. The third-order valence-corrected chi connectivity index (χ3v) is 7.79. The smallest absolute Gasteiger partial charge is 0.205 e. The molecule has 0 unspecified atom stereocenters. The van der Waals surface area contributed by atoms with E-state index in [4.69, 9.17) is 9.47 Å². The molecule has 0 radical (unpaired) electrons. The van der Waals surface area contributed by atoms with E-state index < -0.39 is 21.2 Å². The van der Waals surface area contributed by atoms with E-state index >= 15 is 0 Å². The van der Waals surface area contributed by atoms with E-state index in [1.165, 1.54) is 38.5 Å². The molecule has 1 aromatic heterocycles. The predicted molar refractivity (Wildman–Crippen MR) is 111 cm³/mol. The van der Waals surface area contributed by atoms with Gasteiger partial charge in [-0.1, -0.05) is 18.6 Å². The lowest BCUT2D eigenvalue weighted by atomic mass is 10.1. The van der Waals surface area contributed by atoms with E-state index in [1.54, 1.807) is 19.1 Å². The summed E-state index contributed by atoms with van der Waals surface area (Å²) in [5.41, 5.74) is 0.816. The molecule has 0 aliphatic carbocycles. The summed E-state index contributed by atoms with van der Waals surface area (Å²) in [7, 11) is -3.53. The lowest BCUT2D eigenvalue weighted by Crippen LogP contribution is -2.34. The normalized spacial score (nSPS) is 23.8. The van der Waals surface area contributed by atoms with Gasteiger partial charge in [0.2, 0.25) is 9.84 Å². The number of piperidine rings is 1. The summed E-state index contributed by atoms with van der Waals surface area (Å²) in [5.74, 6) is 1.11. The highest BCUT2D eigenvalue weighted by Crippen LogP contribution is 2.39. The first-order valence-corrected chi connectivity index (χ1v) is 11.9. The number of nitrogens with zero attached hydrogens (tertiary/aromatic N) is 2. The van der Waals surface area contributed by atoms with Crippen LogP contribution in [0.5, 0.6) is 11.5 Å². The van der Waals surface area contributed by atoms with Crippen molar-refractivity contribution < 1.29 is 17.9 Å². The number of aromatic nitrogens is 1. The Morgan fingerprint density at radius 3 is 2.66 bits per heavy atom. The van der Waals surface area contributed by atoms with E-state index in [9.17, 15) is 8.42 Å². The number of pyridine rings is 1. The van der Waals surface area contributed by atoms with Gasteiger partial charge < -0.3 is 14.4 Å². The number of rotatable bonds is 6. The Bertz CT molecular complexity index is 924. The van der Waals surface area contributed by atoms with E-state index in [0.717, 1.165) is 24.3 Å². The number of fused-ring (bicyclic) bond motifs is 1. The molecule has 0 spiro atoms. The molecule has 2 aromatic rings. The zero-order valence-electron chi connectivity index (χ0n) is 16.8. The average Bonchev–Trinajstić information content (AvgIpc) is 2.75. The Morgan fingerprint density at radius 1 is 1.14 bits per heavy atom. The van der Waals surface area contributed by atoms with Crippen LogP contribution in [0.3, 0.4) is 0 Å². The lowest BCUT2D eigenvalue weighted by Gasteiger charge is -2.30. The molecule has 0 saturated carbocycles. The van der Waals surface area contributed by atoms with Gasteiger partial charge in [0.15, 0.2) is 10.8 Å².